The van der Waals surface area contributed by atoms with E-state index >= 15 is 0 Å². The molecule has 2 aromatic carbocycles. The van der Waals surface area contributed by atoms with Gasteiger partial charge in [0, 0.05) is 24.1 Å². The van der Waals surface area contributed by atoms with Gasteiger partial charge in [0.2, 0.25) is 0 Å². The molecule has 0 fully saturated rings. The van der Waals surface area contributed by atoms with Crippen molar-refractivity contribution < 1.29 is 23.5 Å². The summed E-state index contributed by atoms with van der Waals surface area (Å²) in [6.07, 6.45) is 3.90. The number of carbonyl (C=O) groups excluding carboxylic acids is 1. The molecule has 0 N–H and O–H groups in total. The van der Waals surface area contributed by atoms with Crippen LogP contribution in [0.2, 0.25) is 0 Å². The lowest BCUT2D eigenvalue weighted by Gasteiger charge is -2.07. The number of hydrogen-bond donors (Lipinski definition) is 0. The van der Waals surface area contributed by atoms with E-state index in [1.165, 1.54) is 6.08 Å². The summed E-state index contributed by atoms with van der Waals surface area (Å²) in [6.45, 7) is 1.30. The lowest BCUT2D eigenvalue weighted by atomic mass is 10.2. The number of benzene rings is 2. The third-order valence-corrected chi connectivity index (χ3v) is 4.16. The number of esters is 1. The Kier molecular flexibility index (Phi) is 5.38. The van der Waals surface area contributed by atoms with Crippen molar-refractivity contribution in [3.8, 4) is 22.8 Å². The first kappa shape index (κ1) is 17.9. The van der Waals surface area contributed by atoms with E-state index in [2.05, 4.69) is 5.16 Å². The molecule has 28 heavy (non-hydrogen) atoms. The Labute approximate surface area is 162 Å². The third-order valence-electron chi connectivity index (χ3n) is 4.16. The zero-order valence-electron chi connectivity index (χ0n) is 15.2. The summed E-state index contributed by atoms with van der Waals surface area (Å²) in [4.78, 5) is 12.0. The fourth-order valence-corrected chi connectivity index (χ4v) is 2.76. The number of nitrogens with zero attached hydrogens (tertiary/aromatic N) is 1. The van der Waals surface area contributed by atoms with Gasteiger partial charge in [-0.15, -0.1) is 0 Å². The minimum atomic E-state index is -0.462. The van der Waals surface area contributed by atoms with Crippen LogP contribution in [0.1, 0.15) is 17.7 Å². The molecule has 1 aliphatic heterocycles. The van der Waals surface area contributed by atoms with Gasteiger partial charge in [-0.2, -0.15) is 0 Å². The quantitative estimate of drug-likeness (QED) is 0.489. The second-order valence-electron chi connectivity index (χ2n) is 6.25. The summed E-state index contributed by atoms with van der Waals surface area (Å²) in [5, 5.41) is 3.93. The average molecular weight is 377 g/mol. The minimum Gasteiger partial charge on any atom is -0.490 e. The van der Waals surface area contributed by atoms with Crippen molar-refractivity contribution >= 4 is 12.0 Å². The first-order chi connectivity index (χ1) is 13.8. The van der Waals surface area contributed by atoms with Crippen LogP contribution in [0.5, 0.6) is 11.5 Å². The molecule has 3 aromatic rings. The van der Waals surface area contributed by atoms with E-state index in [1.807, 2.05) is 48.5 Å². The average Bonchev–Trinajstić information content (AvgIpc) is 3.09. The van der Waals surface area contributed by atoms with Gasteiger partial charge < -0.3 is 18.7 Å². The molecule has 0 saturated carbocycles. The highest BCUT2D eigenvalue weighted by Gasteiger charge is 2.10. The Bertz CT molecular complexity index is 978. The fourth-order valence-electron chi connectivity index (χ4n) is 2.76. The van der Waals surface area contributed by atoms with E-state index in [9.17, 15) is 4.79 Å². The topological polar surface area (TPSA) is 70.8 Å². The summed E-state index contributed by atoms with van der Waals surface area (Å²) in [7, 11) is 0. The molecule has 0 radical (unpaired) electrons. The van der Waals surface area contributed by atoms with Gasteiger partial charge in [0.1, 0.15) is 12.3 Å². The summed E-state index contributed by atoms with van der Waals surface area (Å²) < 4.78 is 21.8. The molecule has 0 spiro atoms. The molecule has 0 atom stereocenters. The lowest BCUT2D eigenvalue weighted by Crippen LogP contribution is -2.00. The maximum absolute atomic E-state index is 12.0. The second-order valence-corrected chi connectivity index (χ2v) is 6.25. The summed E-state index contributed by atoms with van der Waals surface area (Å²) in [5.74, 6) is 1.58. The first-order valence-corrected chi connectivity index (χ1v) is 9.03. The normalized spacial score (nSPS) is 13.3. The van der Waals surface area contributed by atoms with E-state index in [-0.39, 0.29) is 6.61 Å². The maximum Gasteiger partial charge on any atom is 0.331 e. The van der Waals surface area contributed by atoms with Gasteiger partial charge in [-0.25, -0.2) is 4.79 Å². The van der Waals surface area contributed by atoms with Crippen molar-refractivity contribution in [2.75, 3.05) is 13.2 Å². The van der Waals surface area contributed by atoms with Crippen LogP contribution in [0.4, 0.5) is 0 Å². The van der Waals surface area contributed by atoms with E-state index in [4.69, 9.17) is 18.7 Å². The van der Waals surface area contributed by atoms with Crippen LogP contribution in [0, 0.1) is 0 Å². The van der Waals surface area contributed by atoms with Gasteiger partial charge in [-0.05, 0) is 23.8 Å². The van der Waals surface area contributed by atoms with E-state index in [1.54, 1.807) is 12.1 Å². The zero-order valence-corrected chi connectivity index (χ0v) is 15.2. The second kappa shape index (κ2) is 8.43. The van der Waals surface area contributed by atoms with Gasteiger partial charge in [0.25, 0.3) is 0 Å². The summed E-state index contributed by atoms with van der Waals surface area (Å²) >= 11 is 0. The lowest BCUT2D eigenvalue weighted by molar-refractivity contribution is -0.139. The van der Waals surface area contributed by atoms with Crippen molar-refractivity contribution in [1.82, 2.24) is 5.16 Å². The molecule has 1 aromatic heterocycles. The summed E-state index contributed by atoms with van der Waals surface area (Å²) in [6, 6.07) is 16.9. The van der Waals surface area contributed by atoms with Gasteiger partial charge in [0.05, 0.1) is 13.2 Å². The highest BCUT2D eigenvalue weighted by molar-refractivity contribution is 5.87. The SMILES string of the molecule is O=C(/C=C/c1ccc2c(c1)OCCCO2)OCc1cc(-c2ccccc2)on1. The van der Waals surface area contributed by atoms with Gasteiger partial charge in [-0.3, -0.25) is 0 Å². The highest BCUT2D eigenvalue weighted by Crippen LogP contribution is 2.30. The Balaban J connectivity index is 1.33. The number of carbonyl (C=O) groups is 1. The minimum absolute atomic E-state index is 0.0423. The number of hydrogen-bond acceptors (Lipinski definition) is 6. The molecule has 4 rings (SSSR count). The third kappa shape index (κ3) is 4.40. The van der Waals surface area contributed by atoms with Crippen LogP contribution in [0.3, 0.4) is 0 Å². The smallest absolute Gasteiger partial charge is 0.331 e. The molecule has 142 valence electrons. The van der Waals surface area contributed by atoms with Crippen LogP contribution >= 0.6 is 0 Å². The Morgan fingerprint density at radius 1 is 1.04 bits per heavy atom. The zero-order chi connectivity index (χ0) is 19.2. The molecule has 0 unspecified atom stereocenters. The van der Waals surface area contributed by atoms with E-state index < -0.39 is 5.97 Å². The number of aromatic nitrogens is 1. The summed E-state index contributed by atoms with van der Waals surface area (Å²) in [5.41, 5.74) is 2.30. The van der Waals surface area contributed by atoms with Crippen molar-refractivity contribution in [1.29, 1.82) is 0 Å². The number of fused-ring (bicyclic) bond motifs is 1. The molecule has 0 aliphatic carbocycles. The van der Waals surface area contributed by atoms with E-state index in [0.717, 1.165) is 23.3 Å². The molecule has 1 aliphatic rings. The van der Waals surface area contributed by atoms with Gasteiger partial charge in [0.15, 0.2) is 17.3 Å². The van der Waals surface area contributed by atoms with Crippen LogP contribution < -0.4 is 9.47 Å². The molecule has 2 heterocycles. The molecule has 6 heteroatoms. The monoisotopic (exact) mass is 377 g/mol. The molecule has 6 nitrogen and oxygen atoms in total. The van der Waals surface area contributed by atoms with E-state index in [0.29, 0.717) is 30.4 Å². The number of rotatable bonds is 5. The van der Waals surface area contributed by atoms with Crippen LogP contribution in [0.15, 0.2) is 65.2 Å². The molecule has 0 bridgehead atoms. The molecular weight excluding hydrogens is 358 g/mol. The Hall–Kier alpha value is -3.54. The van der Waals surface area contributed by atoms with Crippen molar-refractivity contribution in [3.05, 3.63) is 71.9 Å². The van der Waals surface area contributed by atoms with Crippen molar-refractivity contribution in [3.63, 3.8) is 0 Å². The van der Waals surface area contributed by atoms with Crippen molar-refractivity contribution in [2.24, 2.45) is 0 Å². The first-order valence-electron chi connectivity index (χ1n) is 9.03. The van der Waals surface area contributed by atoms with Crippen molar-refractivity contribution in [2.45, 2.75) is 13.0 Å². The highest BCUT2D eigenvalue weighted by atomic mass is 16.5. The maximum atomic E-state index is 12.0. The predicted octanol–water partition coefficient (Wildman–Crippen LogP) is 4.26. The van der Waals surface area contributed by atoms with Gasteiger partial charge >= 0.3 is 5.97 Å². The Morgan fingerprint density at radius 2 is 1.86 bits per heavy atom. The van der Waals surface area contributed by atoms with Gasteiger partial charge in [-0.1, -0.05) is 41.6 Å². The fraction of sp³-hybridized carbons (Fsp3) is 0.182. The van der Waals surface area contributed by atoms with Crippen LogP contribution in [-0.2, 0) is 16.1 Å². The van der Waals surface area contributed by atoms with Crippen LogP contribution in [0.25, 0.3) is 17.4 Å². The molecule has 0 amide bonds. The molecule has 0 saturated heterocycles. The number of ether oxygens (including phenoxy) is 3. The largest absolute Gasteiger partial charge is 0.490 e. The standard InChI is InChI=1S/C22H19NO5/c24-22(10-8-16-7-9-19-21(13-16)26-12-4-11-25-19)27-15-18-14-20(28-23-18)17-5-2-1-3-6-17/h1-3,5-10,13-14H,4,11-12,15H2/b10-8+. The van der Waals surface area contributed by atoms with Crippen LogP contribution in [-0.4, -0.2) is 24.3 Å². The molecular formula is C22H19NO5. The Morgan fingerprint density at radius 3 is 2.71 bits per heavy atom. The predicted molar refractivity (Wildman–Crippen MR) is 103 cm³/mol.